The molecule has 0 bridgehead atoms. The van der Waals surface area contributed by atoms with Crippen LogP contribution >= 0.6 is 27.5 Å². The Balaban J connectivity index is 3.06. The van der Waals surface area contributed by atoms with Crippen molar-refractivity contribution in [1.82, 2.24) is 0 Å². The fraction of sp³-hybridized carbons (Fsp3) is 0.250. The van der Waals surface area contributed by atoms with Gasteiger partial charge in [-0.05, 0) is 12.1 Å². The van der Waals surface area contributed by atoms with Crippen LogP contribution in [0.25, 0.3) is 0 Å². The number of ether oxygens (including phenoxy) is 1. The highest BCUT2D eigenvalue weighted by Crippen LogP contribution is 2.24. The third-order valence-electron chi connectivity index (χ3n) is 1.39. The molecule has 0 fully saturated rings. The lowest BCUT2D eigenvalue weighted by atomic mass is 10.2. The Morgan fingerprint density at radius 1 is 1.55 bits per heavy atom. The van der Waals surface area contributed by atoms with Crippen LogP contribution in [-0.4, -0.2) is 7.11 Å². The van der Waals surface area contributed by atoms with Gasteiger partial charge in [-0.25, -0.2) is 0 Å². The number of hydrogen-bond donors (Lipinski definition) is 0. The van der Waals surface area contributed by atoms with Gasteiger partial charge < -0.3 is 4.74 Å². The molecule has 0 aliphatic carbocycles. The molecule has 1 aromatic carbocycles. The van der Waals surface area contributed by atoms with Crippen LogP contribution in [0.3, 0.4) is 0 Å². The number of halogens is 2. The zero-order chi connectivity index (χ0) is 8.27. The third-order valence-corrected chi connectivity index (χ3v) is 2.23. The summed E-state index contributed by atoms with van der Waals surface area (Å²) >= 11 is 9.11. The standard InChI is InChI=1S/C8H8BrClO/c1-11-8-4-7(10)3-2-6(8)5-9/h2-4H,5H2,1H3. The van der Waals surface area contributed by atoms with E-state index in [1.54, 1.807) is 13.2 Å². The van der Waals surface area contributed by atoms with E-state index in [2.05, 4.69) is 15.9 Å². The fourth-order valence-electron chi connectivity index (χ4n) is 0.829. The molecule has 0 radical (unpaired) electrons. The van der Waals surface area contributed by atoms with E-state index in [0.29, 0.717) is 5.02 Å². The number of alkyl halides is 1. The Kier molecular flexibility index (Phi) is 3.21. The molecule has 0 heterocycles. The minimum Gasteiger partial charge on any atom is -0.496 e. The fourth-order valence-corrected chi connectivity index (χ4v) is 1.45. The summed E-state index contributed by atoms with van der Waals surface area (Å²) in [6, 6.07) is 5.59. The molecule has 0 spiro atoms. The van der Waals surface area contributed by atoms with Crippen molar-refractivity contribution < 1.29 is 4.74 Å². The number of hydrogen-bond acceptors (Lipinski definition) is 1. The van der Waals surface area contributed by atoms with Gasteiger partial charge in [0.1, 0.15) is 5.75 Å². The van der Waals surface area contributed by atoms with E-state index in [0.717, 1.165) is 16.6 Å². The first-order valence-electron chi connectivity index (χ1n) is 3.16. The summed E-state index contributed by atoms with van der Waals surface area (Å²) in [5.74, 6) is 0.828. The normalized spacial score (nSPS) is 9.73. The third kappa shape index (κ3) is 2.11. The molecular weight excluding hydrogens is 227 g/mol. The topological polar surface area (TPSA) is 9.23 Å². The average molecular weight is 236 g/mol. The van der Waals surface area contributed by atoms with Gasteiger partial charge in [-0.2, -0.15) is 0 Å². The smallest absolute Gasteiger partial charge is 0.124 e. The second-order valence-electron chi connectivity index (χ2n) is 2.09. The SMILES string of the molecule is COc1cc(Cl)ccc1CBr. The van der Waals surface area contributed by atoms with Gasteiger partial charge in [0, 0.05) is 15.9 Å². The minimum atomic E-state index is 0.701. The van der Waals surface area contributed by atoms with Gasteiger partial charge in [0.05, 0.1) is 7.11 Å². The maximum Gasteiger partial charge on any atom is 0.124 e. The molecule has 0 saturated carbocycles. The predicted molar refractivity (Wildman–Crippen MR) is 50.6 cm³/mol. The molecule has 1 nitrogen and oxygen atoms in total. The van der Waals surface area contributed by atoms with Crippen LogP contribution in [0.2, 0.25) is 5.02 Å². The number of benzene rings is 1. The maximum atomic E-state index is 5.76. The lowest BCUT2D eigenvalue weighted by Gasteiger charge is -2.04. The molecule has 0 atom stereocenters. The van der Waals surface area contributed by atoms with Crippen molar-refractivity contribution in [3.05, 3.63) is 28.8 Å². The molecule has 0 unspecified atom stereocenters. The lowest BCUT2D eigenvalue weighted by molar-refractivity contribution is 0.411. The summed E-state index contributed by atoms with van der Waals surface area (Å²) in [6.45, 7) is 0. The zero-order valence-corrected chi connectivity index (χ0v) is 8.45. The van der Waals surface area contributed by atoms with Gasteiger partial charge in [0.15, 0.2) is 0 Å². The van der Waals surface area contributed by atoms with E-state index in [1.165, 1.54) is 0 Å². The predicted octanol–water partition coefficient (Wildman–Crippen LogP) is 3.24. The van der Waals surface area contributed by atoms with Crippen LogP contribution in [0.15, 0.2) is 18.2 Å². The van der Waals surface area contributed by atoms with Crippen LogP contribution in [0.4, 0.5) is 0 Å². The molecule has 0 aliphatic heterocycles. The van der Waals surface area contributed by atoms with Crippen LogP contribution in [0.1, 0.15) is 5.56 Å². The van der Waals surface area contributed by atoms with Crippen molar-refractivity contribution in [3.63, 3.8) is 0 Å². The second kappa shape index (κ2) is 3.98. The number of methoxy groups -OCH3 is 1. The molecule has 0 aliphatic rings. The van der Waals surface area contributed by atoms with Gasteiger partial charge in [0.2, 0.25) is 0 Å². The molecule has 1 aromatic rings. The van der Waals surface area contributed by atoms with Crippen molar-refractivity contribution in [2.75, 3.05) is 7.11 Å². The lowest BCUT2D eigenvalue weighted by Crippen LogP contribution is -1.88. The highest BCUT2D eigenvalue weighted by molar-refractivity contribution is 9.08. The molecule has 1 rings (SSSR count). The van der Waals surface area contributed by atoms with E-state index in [1.807, 2.05) is 12.1 Å². The summed E-state index contributed by atoms with van der Waals surface area (Å²) in [7, 11) is 1.64. The molecule has 11 heavy (non-hydrogen) atoms. The Morgan fingerprint density at radius 3 is 2.82 bits per heavy atom. The summed E-state index contributed by atoms with van der Waals surface area (Å²) in [6.07, 6.45) is 0. The largest absolute Gasteiger partial charge is 0.496 e. The molecular formula is C8H8BrClO. The minimum absolute atomic E-state index is 0.701. The van der Waals surface area contributed by atoms with E-state index >= 15 is 0 Å². The van der Waals surface area contributed by atoms with E-state index in [-0.39, 0.29) is 0 Å². The summed E-state index contributed by atoms with van der Waals surface area (Å²) in [5, 5.41) is 1.49. The first kappa shape index (κ1) is 8.88. The molecule has 0 amide bonds. The molecule has 0 N–H and O–H groups in total. The molecule has 0 aromatic heterocycles. The van der Waals surface area contributed by atoms with Crippen LogP contribution < -0.4 is 4.74 Å². The van der Waals surface area contributed by atoms with Crippen molar-refractivity contribution in [1.29, 1.82) is 0 Å². The first-order valence-corrected chi connectivity index (χ1v) is 4.66. The van der Waals surface area contributed by atoms with E-state index in [9.17, 15) is 0 Å². The van der Waals surface area contributed by atoms with Crippen molar-refractivity contribution in [2.45, 2.75) is 5.33 Å². The Bertz CT molecular complexity index is 250. The summed E-state index contributed by atoms with van der Waals surface area (Å²) in [5.41, 5.74) is 1.11. The Hall–Kier alpha value is -0.210. The maximum absolute atomic E-state index is 5.76. The van der Waals surface area contributed by atoms with Gasteiger partial charge in [-0.3, -0.25) is 0 Å². The van der Waals surface area contributed by atoms with Gasteiger partial charge >= 0.3 is 0 Å². The monoisotopic (exact) mass is 234 g/mol. The molecule has 0 saturated heterocycles. The zero-order valence-electron chi connectivity index (χ0n) is 6.10. The van der Waals surface area contributed by atoms with Crippen molar-refractivity contribution in [3.8, 4) is 5.75 Å². The molecule has 3 heteroatoms. The Labute approximate surface area is 79.4 Å². The highest BCUT2D eigenvalue weighted by atomic mass is 79.9. The van der Waals surface area contributed by atoms with Crippen LogP contribution in [-0.2, 0) is 5.33 Å². The summed E-state index contributed by atoms with van der Waals surface area (Å²) < 4.78 is 5.10. The van der Waals surface area contributed by atoms with Crippen molar-refractivity contribution in [2.24, 2.45) is 0 Å². The van der Waals surface area contributed by atoms with Gasteiger partial charge in [-0.1, -0.05) is 33.6 Å². The number of rotatable bonds is 2. The Morgan fingerprint density at radius 2 is 2.27 bits per heavy atom. The quantitative estimate of drug-likeness (QED) is 0.715. The summed E-state index contributed by atoms with van der Waals surface area (Å²) in [4.78, 5) is 0. The van der Waals surface area contributed by atoms with Crippen LogP contribution in [0, 0.1) is 0 Å². The second-order valence-corrected chi connectivity index (χ2v) is 3.09. The average Bonchev–Trinajstić information content (AvgIpc) is 2.04. The highest BCUT2D eigenvalue weighted by Gasteiger charge is 2.00. The molecule has 60 valence electrons. The van der Waals surface area contributed by atoms with E-state index < -0.39 is 0 Å². The first-order chi connectivity index (χ1) is 5.27. The van der Waals surface area contributed by atoms with Crippen LogP contribution in [0.5, 0.6) is 5.75 Å². The van der Waals surface area contributed by atoms with Crippen molar-refractivity contribution >= 4 is 27.5 Å². The van der Waals surface area contributed by atoms with Gasteiger partial charge in [-0.15, -0.1) is 0 Å². The van der Waals surface area contributed by atoms with E-state index in [4.69, 9.17) is 16.3 Å². The van der Waals surface area contributed by atoms with Gasteiger partial charge in [0.25, 0.3) is 0 Å².